The fourth-order valence-corrected chi connectivity index (χ4v) is 4.75. The number of aryl methyl sites for hydroxylation is 2. The van der Waals surface area contributed by atoms with Gasteiger partial charge in [0.2, 0.25) is 10.0 Å². The van der Waals surface area contributed by atoms with Crippen LogP contribution in [0.15, 0.2) is 35.2 Å². The molecule has 0 saturated carbocycles. The van der Waals surface area contributed by atoms with Gasteiger partial charge in [-0.3, -0.25) is 0 Å². The number of aliphatic hydroxyl groups excluding tert-OH is 1. The average molecular weight is 345 g/mol. The Morgan fingerprint density at radius 1 is 1.04 bits per heavy atom. The first-order valence-corrected chi connectivity index (χ1v) is 9.52. The number of hydrogen-bond acceptors (Lipinski definition) is 3. The molecule has 1 aliphatic rings. The number of benzene rings is 2. The van der Waals surface area contributed by atoms with E-state index in [-0.39, 0.29) is 0 Å². The van der Waals surface area contributed by atoms with Gasteiger partial charge in [-0.25, -0.2) is 8.42 Å². The van der Waals surface area contributed by atoms with Gasteiger partial charge in [-0.2, -0.15) is 4.31 Å². The SMILES string of the molecule is Cc1ccc(S(=O)(=O)N2Cc3c(C)cc(C(C)O)c(C)c3C2)cc1. The molecule has 0 aliphatic carbocycles. The van der Waals surface area contributed by atoms with Crippen molar-refractivity contribution in [3.63, 3.8) is 0 Å². The van der Waals surface area contributed by atoms with Crippen LogP contribution in [0.25, 0.3) is 0 Å². The molecule has 0 fully saturated rings. The maximum atomic E-state index is 12.9. The summed E-state index contributed by atoms with van der Waals surface area (Å²) in [6, 6.07) is 8.93. The van der Waals surface area contributed by atoms with E-state index in [9.17, 15) is 13.5 Å². The van der Waals surface area contributed by atoms with Crippen molar-refractivity contribution in [2.24, 2.45) is 0 Å². The predicted molar refractivity (Wildman–Crippen MR) is 94.2 cm³/mol. The van der Waals surface area contributed by atoms with E-state index >= 15 is 0 Å². The van der Waals surface area contributed by atoms with Crippen molar-refractivity contribution >= 4 is 10.0 Å². The van der Waals surface area contributed by atoms with Gasteiger partial charge in [0, 0.05) is 13.1 Å². The first-order chi connectivity index (χ1) is 11.2. The zero-order chi connectivity index (χ0) is 17.6. The van der Waals surface area contributed by atoms with Gasteiger partial charge in [-0.1, -0.05) is 23.8 Å². The number of rotatable bonds is 3. The second-order valence-corrected chi connectivity index (χ2v) is 8.56. The van der Waals surface area contributed by atoms with Crippen LogP contribution < -0.4 is 0 Å². The zero-order valence-electron chi connectivity index (χ0n) is 14.5. The molecule has 0 saturated heterocycles. The summed E-state index contributed by atoms with van der Waals surface area (Å²) in [6.07, 6.45) is -0.559. The lowest BCUT2D eigenvalue weighted by atomic mass is 9.92. The number of sulfonamides is 1. The van der Waals surface area contributed by atoms with Crippen molar-refractivity contribution in [1.29, 1.82) is 0 Å². The minimum Gasteiger partial charge on any atom is -0.389 e. The largest absolute Gasteiger partial charge is 0.389 e. The molecule has 0 radical (unpaired) electrons. The number of hydrogen-bond donors (Lipinski definition) is 1. The summed E-state index contributed by atoms with van der Waals surface area (Å²) in [5.74, 6) is 0. The summed E-state index contributed by atoms with van der Waals surface area (Å²) in [6.45, 7) is 8.36. The van der Waals surface area contributed by atoms with Gasteiger partial charge in [0.1, 0.15) is 0 Å². The third kappa shape index (κ3) is 2.77. The highest BCUT2D eigenvalue weighted by Gasteiger charge is 2.33. The van der Waals surface area contributed by atoms with E-state index in [0.29, 0.717) is 18.0 Å². The molecule has 0 aromatic heterocycles. The van der Waals surface area contributed by atoms with Crippen molar-refractivity contribution < 1.29 is 13.5 Å². The summed E-state index contributed by atoms with van der Waals surface area (Å²) in [7, 11) is -3.52. The molecule has 128 valence electrons. The maximum absolute atomic E-state index is 12.9. The minimum absolute atomic E-state index is 0.326. The Morgan fingerprint density at radius 2 is 1.62 bits per heavy atom. The fraction of sp³-hybridized carbons (Fsp3) is 0.368. The van der Waals surface area contributed by atoms with Gasteiger partial charge in [0.25, 0.3) is 0 Å². The predicted octanol–water partition coefficient (Wildman–Crippen LogP) is 3.37. The lowest BCUT2D eigenvalue weighted by molar-refractivity contribution is 0.198. The summed E-state index contributed by atoms with van der Waals surface area (Å²) >= 11 is 0. The monoisotopic (exact) mass is 345 g/mol. The summed E-state index contributed by atoms with van der Waals surface area (Å²) in [5, 5.41) is 9.96. The highest BCUT2D eigenvalue weighted by atomic mass is 32.2. The highest BCUT2D eigenvalue weighted by molar-refractivity contribution is 7.89. The average Bonchev–Trinajstić information content (AvgIpc) is 2.98. The number of nitrogens with zero attached hydrogens (tertiary/aromatic N) is 1. The molecule has 4 nitrogen and oxygen atoms in total. The van der Waals surface area contributed by atoms with E-state index in [2.05, 4.69) is 0 Å². The van der Waals surface area contributed by atoms with Crippen molar-refractivity contribution in [3.05, 3.63) is 63.7 Å². The van der Waals surface area contributed by atoms with E-state index < -0.39 is 16.1 Å². The van der Waals surface area contributed by atoms with E-state index in [1.54, 1.807) is 19.1 Å². The normalized spacial score (nSPS) is 16.2. The van der Waals surface area contributed by atoms with Gasteiger partial charge < -0.3 is 5.11 Å². The number of fused-ring (bicyclic) bond motifs is 1. The van der Waals surface area contributed by atoms with E-state index in [1.165, 1.54) is 4.31 Å². The minimum atomic E-state index is -3.52. The Balaban J connectivity index is 2.01. The van der Waals surface area contributed by atoms with Crippen LogP contribution in [0.3, 0.4) is 0 Å². The first-order valence-electron chi connectivity index (χ1n) is 8.08. The van der Waals surface area contributed by atoms with Crippen LogP contribution in [0.2, 0.25) is 0 Å². The molecule has 0 bridgehead atoms. The lowest BCUT2D eigenvalue weighted by Gasteiger charge is -2.16. The van der Waals surface area contributed by atoms with Crippen molar-refractivity contribution in [2.45, 2.75) is 51.8 Å². The van der Waals surface area contributed by atoms with Gasteiger partial charge >= 0.3 is 0 Å². The standard InChI is InChI=1S/C19H23NO3S/c1-12-5-7-16(8-6-12)24(22,23)20-10-18-13(2)9-17(15(4)21)14(3)19(18)11-20/h5-9,15,21H,10-11H2,1-4H3. The molecule has 1 N–H and O–H groups in total. The second-order valence-electron chi connectivity index (χ2n) is 6.63. The molecule has 0 spiro atoms. The molecule has 2 aromatic carbocycles. The Bertz CT molecular complexity index is 884. The zero-order valence-corrected chi connectivity index (χ0v) is 15.3. The molecule has 3 rings (SSSR count). The van der Waals surface area contributed by atoms with Gasteiger partial charge in [0.15, 0.2) is 0 Å². The molecule has 1 heterocycles. The quantitative estimate of drug-likeness (QED) is 0.928. The van der Waals surface area contributed by atoms with E-state index in [1.807, 2.05) is 39.0 Å². The Morgan fingerprint density at radius 3 is 2.21 bits per heavy atom. The van der Waals surface area contributed by atoms with Crippen LogP contribution in [-0.2, 0) is 23.1 Å². The van der Waals surface area contributed by atoms with Crippen LogP contribution in [0.4, 0.5) is 0 Å². The van der Waals surface area contributed by atoms with Crippen LogP contribution in [0.1, 0.15) is 46.4 Å². The summed E-state index contributed by atoms with van der Waals surface area (Å²) < 4.78 is 27.4. The Hall–Kier alpha value is -1.69. The molecular weight excluding hydrogens is 322 g/mol. The molecule has 1 atom stereocenters. The second kappa shape index (κ2) is 5.99. The first kappa shape index (κ1) is 17.1. The third-order valence-corrected chi connectivity index (χ3v) is 6.68. The molecule has 24 heavy (non-hydrogen) atoms. The highest BCUT2D eigenvalue weighted by Crippen LogP contribution is 2.35. The van der Waals surface area contributed by atoms with Crippen LogP contribution in [0, 0.1) is 20.8 Å². The Kier molecular flexibility index (Phi) is 4.28. The molecule has 2 aromatic rings. The van der Waals surface area contributed by atoms with Gasteiger partial charge in [-0.15, -0.1) is 0 Å². The lowest BCUT2D eigenvalue weighted by Crippen LogP contribution is -2.25. The van der Waals surface area contributed by atoms with Crippen molar-refractivity contribution in [3.8, 4) is 0 Å². The molecular formula is C19H23NO3S. The molecule has 1 unspecified atom stereocenters. The van der Waals surface area contributed by atoms with E-state index in [0.717, 1.165) is 33.4 Å². The van der Waals surface area contributed by atoms with Crippen LogP contribution >= 0.6 is 0 Å². The van der Waals surface area contributed by atoms with E-state index in [4.69, 9.17) is 0 Å². The Labute approximate surface area is 143 Å². The molecule has 5 heteroatoms. The molecule has 0 amide bonds. The summed E-state index contributed by atoms with van der Waals surface area (Å²) in [4.78, 5) is 0.326. The van der Waals surface area contributed by atoms with Crippen molar-refractivity contribution in [2.75, 3.05) is 0 Å². The van der Waals surface area contributed by atoms with Gasteiger partial charge in [0.05, 0.1) is 11.0 Å². The summed E-state index contributed by atoms with van der Waals surface area (Å²) in [5.41, 5.74) is 6.03. The fourth-order valence-electron chi connectivity index (χ4n) is 3.37. The number of aliphatic hydroxyl groups is 1. The van der Waals surface area contributed by atoms with Crippen molar-refractivity contribution in [1.82, 2.24) is 4.31 Å². The third-order valence-electron chi connectivity index (χ3n) is 4.88. The van der Waals surface area contributed by atoms with Crippen LogP contribution in [0.5, 0.6) is 0 Å². The van der Waals surface area contributed by atoms with Crippen LogP contribution in [-0.4, -0.2) is 17.8 Å². The smallest absolute Gasteiger partial charge is 0.243 e. The topological polar surface area (TPSA) is 57.6 Å². The maximum Gasteiger partial charge on any atom is 0.243 e. The van der Waals surface area contributed by atoms with Gasteiger partial charge in [-0.05, 0) is 67.6 Å². The molecule has 1 aliphatic heterocycles.